The molecular formula is C29H34. The van der Waals surface area contributed by atoms with Crippen LogP contribution in [0.5, 0.6) is 0 Å². The quantitative estimate of drug-likeness (QED) is 0.502. The molecule has 2 aromatic rings. The van der Waals surface area contributed by atoms with Gasteiger partial charge in [-0.1, -0.05) is 129 Å². The van der Waals surface area contributed by atoms with E-state index in [-0.39, 0.29) is 5.41 Å². The molecule has 0 fully saturated rings. The van der Waals surface area contributed by atoms with E-state index in [1.54, 1.807) is 0 Å². The fourth-order valence-corrected chi connectivity index (χ4v) is 4.42. The Morgan fingerprint density at radius 3 is 2.07 bits per heavy atom. The van der Waals surface area contributed by atoms with E-state index < -0.39 is 0 Å². The Morgan fingerprint density at radius 1 is 0.931 bits per heavy atom. The van der Waals surface area contributed by atoms with E-state index in [2.05, 4.69) is 125 Å². The molecule has 0 radical (unpaired) electrons. The number of rotatable bonds is 4. The van der Waals surface area contributed by atoms with Crippen molar-refractivity contribution in [2.75, 3.05) is 0 Å². The van der Waals surface area contributed by atoms with Gasteiger partial charge < -0.3 is 0 Å². The summed E-state index contributed by atoms with van der Waals surface area (Å²) in [6.07, 6.45) is 16.0. The first kappa shape index (κ1) is 21.1. The summed E-state index contributed by atoms with van der Waals surface area (Å²) in [4.78, 5) is 0. The maximum absolute atomic E-state index is 2.42. The molecule has 2 aromatic carbocycles. The van der Waals surface area contributed by atoms with E-state index in [4.69, 9.17) is 0 Å². The van der Waals surface area contributed by atoms with Crippen molar-refractivity contribution in [3.63, 3.8) is 0 Å². The number of hydrogen-bond donors (Lipinski definition) is 0. The number of benzene rings is 2. The normalized spacial score (nSPS) is 26.3. The van der Waals surface area contributed by atoms with Crippen molar-refractivity contribution in [3.05, 3.63) is 119 Å². The van der Waals surface area contributed by atoms with Crippen molar-refractivity contribution in [3.8, 4) is 0 Å². The van der Waals surface area contributed by atoms with Crippen LogP contribution >= 0.6 is 0 Å². The fourth-order valence-electron chi connectivity index (χ4n) is 4.42. The minimum Gasteiger partial charge on any atom is -0.0848 e. The largest absolute Gasteiger partial charge is 0.0848 e. The summed E-state index contributed by atoms with van der Waals surface area (Å²) in [5, 5.41) is 0. The van der Waals surface area contributed by atoms with Crippen LogP contribution in [0.1, 0.15) is 51.7 Å². The molecule has 3 rings (SSSR count). The zero-order valence-corrected chi connectivity index (χ0v) is 18.3. The summed E-state index contributed by atoms with van der Waals surface area (Å²) < 4.78 is 0. The van der Waals surface area contributed by atoms with Crippen LogP contribution in [0.3, 0.4) is 0 Å². The van der Waals surface area contributed by atoms with E-state index >= 15 is 0 Å². The monoisotopic (exact) mass is 382 g/mol. The van der Waals surface area contributed by atoms with Gasteiger partial charge in [-0.3, -0.25) is 0 Å². The predicted octanol–water partition coefficient (Wildman–Crippen LogP) is 8.04. The standard InChI is InChI=1S/C29H34/c1-5-6-9-18-28-25(4)24(3)20-19-23(2)21-22-29(28,26-14-10-7-11-15-26)27-16-12-8-13-17-27/h6-21,24-25H,5,22H2,1-4H3/b9-6-,20-19-,23-21-,28-18+. The Bertz CT molecular complexity index is 854. The maximum atomic E-state index is 2.42. The van der Waals surface area contributed by atoms with Gasteiger partial charge in [0.15, 0.2) is 0 Å². The Hall–Kier alpha value is -2.60. The van der Waals surface area contributed by atoms with E-state index in [1.807, 2.05) is 0 Å². The summed E-state index contributed by atoms with van der Waals surface area (Å²) >= 11 is 0. The Kier molecular flexibility index (Phi) is 7.09. The molecule has 150 valence electrons. The summed E-state index contributed by atoms with van der Waals surface area (Å²) in [5.41, 5.74) is 5.38. The topological polar surface area (TPSA) is 0 Å². The van der Waals surface area contributed by atoms with Crippen LogP contribution < -0.4 is 0 Å². The third-order valence-electron chi connectivity index (χ3n) is 6.35. The fraction of sp³-hybridized carbons (Fsp3) is 0.310. The van der Waals surface area contributed by atoms with Gasteiger partial charge in [0.2, 0.25) is 0 Å². The molecule has 0 spiro atoms. The first-order valence-corrected chi connectivity index (χ1v) is 10.9. The molecule has 2 atom stereocenters. The highest BCUT2D eigenvalue weighted by atomic mass is 14.4. The smallest absolute Gasteiger partial charge is 0.0451 e. The van der Waals surface area contributed by atoms with Gasteiger partial charge in [-0.2, -0.15) is 0 Å². The van der Waals surface area contributed by atoms with Gasteiger partial charge in [0.05, 0.1) is 0 Å². The summed E-state index contributed by atoms with van der Waals surface area (Å²) in [6.45, 7) is 9.15. The summed E-state index contributed by atoms with van der Waals surface area (Å²) in [7, 11) is 0. The molecule has 29 heavy (non-hydrogen) atoms. The molecule has 1 aliphatic rings. The lowest BCUT2D eigenvalue weighted by Gasteiger charge is -2.41. The van der Waals surface area contributed by atoms with Gasteiger partial charge in [0, 0.05) is 5.41 Å². The van der Waals surface area contributed by atoms with Gasteiger partial charge in [-0.25, -0.2) is 0 Å². The molecule has 1 aliphatic carbocycles. The van der Waals surface area contributed by atoms with Crippen LogP contribution in [0.15, 0.2) is 108 Å². The van der Waals surface area contributed by atoms with Crippen molar-refractivity contribution < 1.29 is 0 Å². The SMILES string of the molecule is CC/C=C\C=C1/C(C)C(C)/C=C\C(C)=C/CC1(c1ccccc1)c1ccccc1. The average molecular weight is 383 g/mol. The summed E-state index contributed by atoms with van der Waals surface area (Å²) in [6, 6.07) is 22.1. The lowest BCUT2D eigenvalue weighted by Crippen LogP contribution is -2.34. The van der Waals surface area contributed by atoms with Crippen LogP contribution in [0.4, 0.5) is 0 Å². The van der Waals surface area contributed by atoms with Crippen molar-refractivity contribution in [1.82, 2.24) is 0 Å². The highest BCUT2D eigenvalue weighted by Crippen LogP contribution is 2.48. The van der Waals surface area contributed by atoms with E-state index in [9.17, 15) is 0 Å². The summed E-state index contributed by atoms with van der Waals surface area (Å²) in [5.74, 6) is 0.886. The number of hydrogen-bond acceptors (Lipinski definition) is 0. The third kappa shape index (κ3) is 4.53. The first-order valence-electron chi connectivity index (χ1n) is 10.9. The number of allylic oxidation sites excluding steroid dienone is 8. The molecule has 0 aromatic heterocycles. The van der Waals surface area contributed by atoms with Gasteiger partial charge in [-0.15, -0.1) is 0 Å². The Balaban J connectivity index is 2.36. The molecule has 0 aliphatic heterocycles. The molecule has 0 saturated heterocycles. The molecule has 0 heteroatoms. The van der Waals surface area contributed by atoms with Crippen LogP contribution in [-0.2, 0) is 5.41 Å². The van der Waals surface area contributed by atoms with Crippen LogP contribution in [0, 0.1) is 11.8 Å². The Morgan fingerprint density at radius 2 is 1.52 bits per heavy atom. The van der Waals surface area contributed by atoms with Crippen LogP contribution in [-0.4, -0.2) is 0 Å². The van der Waals surface area contributed by atoms with E-state index in [1.165, 1.54) is 22.3 Å². The van der Waals surface area contributed by atoms with Crippen LogP contribution in [0.2, 0.25) is 0 Å². The van der Waals surface area contributed by atoms with E-state index in [0.717, 1.165) is 12.8 Å². The predicted molar refractivity (Wildman–Crippen MR) is 127 cm³/mol. The Labute approximate surface area is 177 Å². The zero-order valence-electron chi connectivity index (χ0n) is 18.3. The molecular weight excluding hydrogens is 348 g/mol. The molecule has 0 nitrogen and oxygen atoms in total. The molecule has 0 N–H and O–H groups in total. The minimum atomic E-state index is -0.179. The molecule has 2 unspecified atom stereocenters. The van der Waals surface area contributed by atoms with Gasteiger partial charge in [0.1, 0.15) is 0 Å². The second-order valence-electron chi connectivity index (χ2n) is 8.25. The first-order chi connectivity index (χ1) is 14.1. The molecule has 0 bridgehead atoms. The third-order valence-corrected chi connectivity index (χ3v) is 6.35. The highest BCUT2D eigenvalue weighted by molar-refractivity contribution is 5.52. The van der Waals surface area contributed by atoms with Gasteiger partial charge in [0.25, 0.3) is 0 Å². The van der Waals surface area contributed by atoms with Crippen molar-refractivity contribution in [1.29, 1.82) is 0 Å². The van der Waals surface area contributed by atoms with Crippen molar-refractivity contribution in [2.45, 2.75) is 46.0 Å². The second-order valence-corrected chi connectivity index (χ2v) is 8.25. The maximum Gasteiger partial charge on any atom is 0.0451 e. The van der Waals surface area contributed by atoms with Crippen LogP contribution in [0.25, 0.3) is 0 Å². The van der Waals surface area contributed by atoms with Gasteiger partial charge >= 0.3 is 0 Å². The van der Waals surface area contributed by atoms with Crippen molar-refractivity contribution in [2.24, 2.45) is 11.8 Å². The second kappa shape index (κ2) is 9.74. The average Bonchev–Trinajstić information content (AvgIpc) is 2.81. The molecule has 0 saturated carbocycles. The van der Waals surface area contributed by atoms with Crippen molar-refractivity contribution >= 4 is 0 Å². The molecule has 0 amide bonds. The molecule has 0 heterocycles. The highest BCUT2D eigenvalue weighted by Gasteiger charge is 2.40. The minimum absolute atomic E-state index is 0.179. The lowest BCUT2D eigenvalue weighted by atomic mass is 9.62. The lowest BCUT2D eigenvalue weighted by molar-refractivity contribution is 0.448. The van der Waals surface area contributed by atoms with E-state index in [0.29, 0.717) is 11.8 Å². The zero-order chi connectivity index (χ0) is 20.7. The van der Waals surface area contributed by atoms with Gasteiger partial charge in [-0.05, 0) is 42.7 Å².